The minimum absolute atomic E-state index is 0.0685. The van der Waals surface area contributed by atoms with Crippen molar-refractivity contribution in [3.63, 3.8) is 0 Å². The summed E-state index contributed by atoms with van der Waals surface area (Å²) in [6.07, 6.45) is 0. The van der Waals surface area contributed by atoms with Crippen molar-refractivity contribution in [2.45, 2.75) is 6.04 Å². The third-order valence-corrected chi connectivity index (χ3v) is 4.05. The van der Waals surface area contributed by atoms with E-state index in [0.717, 1.165) is 5.56 Å². The molecule has 0 saturated heterocycles. The maximum atomic E-state index is 14.0. The number of nitrogens with two attached hydrogens (primary N) is 1. The van der Waals surface area contributed by atoms with E-state index in [0.29, 0.717) is 16.7 Å². The van der Waals surface area contributed by atoms with Crippen molar-refractivity contribution in [1.82, 2.24) is 4.90 Å². The Labute approximate surface area is 143 Å². The first kappa shape index (κ1) is 17.4. The van der Waals surface area contributed by atoms with Crippen LogP contribution >= 0.6 is 15.9 Å². The molecule has 23 heavy (non-hydrogen) atoms. The maximum absolute atomic E-state index is 14.0. The highest BCUT2D eigenvalue weighted by molar-refractivity contribution is 9.10. The number of hydrogen-bond acceptors (Lipinski definition) is 3. The Morgan fingerprint density at radius 2 is 1.96 bits per heavy atom. The summed E-state index contributed by atoms with van der Waals surface area (Å²) in [5.41, 5.74) is 6.68. The van der Waals surface area contributed by atoms with E-state index in [1.54, 1.807) is 6.07 Å². The van der Waals surface area contributed by atoms with Gasteiger partial charge in [-0.1, -0.05) is 46.3 Å². The molecule has 1 atom stereocenters. The number of amides is 1. The summed E-state index contributed by atoms with van der Waals surface area (Å²) < 4.78 is 14.5. The predicted molar refractivity (Wildman–Crippen MR) is 94.0 cm³/mol. The van der Waals surface area contributed by atoms with Gasteiger partial charge < -0.3 is 16.0 Å². The zero-order valence-electron chi connectivity index (χ0n) is 13.0. The molecule has 0 radical (unpaired) electrons. The number of anilines is 1. The second-order valence-electron chi connectivity index (χ2n) is 5.45. The Hall–Kier alpha value is -1.92. The van der Waals surface area contributed by atoms with Crippen molar-refractivity contribution >= 4 is 27.5 Å². The van der Waals surface area contributed by atoms with Crippen molar-refractivity contribution in [2.24, 2.45) is 5.73 Å². The van der Waals surface area contributed by atoms with Crippen LogP contribution in [-0.2, 0) is 0 Å². The molecule has 4 nitrogen and oxygen atoms in total. The van der Waals surface area contributed by atoms with Gasteiger partial charge in [-0.25, -0.2) is 4.39 Å². The lowest BCUT2D eigenvalue weighted by molar-refractivity contribution is 0.0997. The minimum Gasteiger partial charge on any atom is -0.382 e. The summed E-state index contributed by atoms with van der Waals surface area (Å²) in [6.45, 7) is 0.507. The number of nitrogens with zero attached hydrogens (tertiary/aromatic N) is 1. The molecule has 2 aromatic rings. The average Bonchev–Trinajstić information content (AvgIpc) is 2.47. The van der Waals surface area contributed by atoms with Crippen LogP contribution in [0.5, 0.6) is 0 Å². The Morgan fingerprint density at radius 1 is 1.30 bits per heavy atom. The molecule has 2 aromatic carbocycles. The molecule has 0 saturated carbocycles. The van der Waals surface area contributed by atoms with Crippen LogP contribution in [0.25, 0.3) is 0 Å². The highest BCUT2D eigenvalue weighted by Crippen LogP contribution is 2.26. The van der Waals surface area contributed by atoms with E-state index in [4.69, 9.17) is 5.73 Å². The number of carbonyl (C=O) groups excluding carboxylic acids is 1. The van der Waals surface area contributed by atoms with Crippen LogP contribution in [0.1, 0.15) is 22.0 Å². The first-order chi connectivity index (χ1) is 10.9. The molecule has 3 N–H and O–H groups in total. The van der Waals surface area contributed by atoms with Crippen LogP contribution in [0, 0.1) is 5.82 Å². The van der Waals surface area contributed by atoms with Crippen LogP contribution in [0.15, 0.2) is 46.9 Å². The molecule has 0 bridgehead atoms. The molecule has 1 amide bonds. The van der Waals surface area contributed by atoms with E-state index < -0.39 is 11.7 Å². The van der Waals surface area contributed by atoms with Crippen molar-refractivity contribution in [1.29, 1.82) is 0 Å². The molecular weight excluding hydrogens is 361 g/mol. The van der Waals surface area contributed by atoms with Crippen LogP contribution in [0.4, 0.5) is 10.1 Å². The molecule has 1 unspecified atom stereocenters. The van der Waals surface area contributed by atoms with E-state index >= 15 is 0 Å². The fraction of sp³-hybridized carbons (Fsp3) is 0.235. The number of carbonyl (C=O) groups is 1. The minimum atomic E-state index is -0.793. The van der Waals surface area contributed by atoms with E-state index in [1.807, 2.05) is 44.4 Å². The van der Waals surface area contributed by atoms with Crippen LogP contribution in [0.3, 0.4) is 0 Å². The average molecular weight is 380 g/mol. The largest absolute Gasteiger partial charge is 0.382 e. The van der Waals surface area contributed by atoms with Gasteiger partial charge in [-0.2, -0.15) is 0 Å². The third-order valence-electron chi connectivity index (χ3n) is 3.59. The molecular formula is C17H19BrFN3O. The number of rotatable bonds is 6. The summed E-state index contributed by atoms with van der Waals surface area (Å²) in [4.78, 5) is 13.6. The fourth-order valence-corrected chi connectivity index (χ4v) is 2.87. The van der Waals surface area contributed by atoms with Gasteiger partial charge in [0.1, 0.15) is 5.82 Å². The summed E-state index contributed by atoms with van der Waals surface area (Å²) >= 11 is 3.23. The Bertz CT molecular complexity index is 692. The predicted octanol–water partition coefficient (Wildman–Crippen LogP) is 3.40. The van der Waals surface area contributed by atoms with Crippen molar-refractivity contribution < 1.29 is 9.18 Å². The summed E-state index contributed by atoms with van der Waals surface area (Å²) in [6, 6.07) is 12.9. The van der Waals surface area contributed by atoms with Crippen LogP contribution in [-0.4, -0.2) is 31.4 Å². The van der Waals surface area contributed by atoms with Crippen molar-refractivity contribution in [3.05, 3.63) is 63.9 Å². The summed E-state index contributed by atoms with van der Waals surface area (Å²) in [5, 5.41) is 3.14. The number of primary amides is 1. The Balaban J connectivity index is 2.27. The zero-order chi connectivity index (χ0) is 17.0. The molecule has 0 aliphatic carbocycles. The van der Waals surface area contributed by atoms with Crippen molar-refractivity contribution in [3.8, 4) is 0 Å². The van der Waals surface area contributed by atoms with E-state index in [9.17, 15) is 9.18 Å². The van der Waals surface area contributed by atoms with Gasteiger partial charge in [0.2, 0.25) is 0 Å². The van der Waals surface area contributed by atoms with Crippen LogP contribution in [0.2, 0.25) is 0 Å². The van der Waals surface area contributed by atoms with Crippen LogP contribution < -0.4 is 11.1 Å². The number of likely N-dealkylation sites (N-methyl/N-ethyl adjacent to an activating group) is 1. The molecule has 6 heteroatoms. The lowest BCUT2D eigenvalue weighted by Crippen LogP contribution is -2.27. The van der Waals surface area contributed by atoms with Gasteiger partial charge in [-0.15, -0.1) is 0 Å². The molecule has 122 valence electrons. The fourth-order valence-electron chi connectivity index (χ4n) is 2.44. The number of benzene rings is 2. The first-order valence-electron chi connectivity index (χ1n) is 7.14. The zero-order valence-corrected chi connectivity index (χ0v) is 14.6. The molecule has 0 aliphatic rings. The van der Waals surface area contributed by atoms with Crippen molar-refractivity contribution in [2.75, 3.05) is 26.0 Å². The SMILES string of the molecule is CN(C)C(CNc1cc(Br)cc(F)c1C(N)=O)c1ccccc1. The lowest BCUT2D eigenvalue weighted by Gasteiger charge is -2.26. The highest BCUT2D eigenvalue weighted by Gasteiger charge is 2.18. The van der Waals surface area contributed by atoms with Gasteiger partial charge >= 0.3 is 0 Å². The molecule has 0 fully saturated rings. The van der Waals surface area contributed by atoms with E-state index in [1.165, 1.54) is 6.07 Å². The van der Waals surface area contributed by atoms with E-state index in [-0.39, 0.29) is 11.6 Å². The van der Waals surface area contributed by atoms with Gasteiger partial charge in [0, 0.05) is 11.0 Å². The smallest absolute Gasteiger partial charge is 0.253 e. The van der Waals surface area contributed by atoms with Gasteiger partial charge in [0.25, 0.3) is 5.91 Å². The number of hydrogen-bond donors (Lipinski definition) is 2. The maximum Gasteiger partial charge on any atom is 0.253 e. The molecule has 0 aromatic heterocycles. The van der Waals surface area contributed by atoms with Gasteiger partial charge in [-0.05, 0) is 31.8 Å². The quantitative estimate of drug-likeness (QED) is 0.808. The third kappa shape index (κ3) is 4.30. The molecule has 0 heterocycles. The van der Waals surface area contributed by atoms with E-state index in [2.05, 4.69) is 26.1 Å². The lowest BCUT2D eigenvalue weighted by atomic mass is 10.1. The molecule has 2 rings (SSSR count). The second-order valence-corrected chi connectivity index (χ2v) is 6.36. The summed E-state index contributed by atoms with van der Waals surface area (Å²) in [5.74, 6) is -1.44. The first-order valence-corrected chi connectivity index (χ1v) is 7.93. The molecule has 0 spiro atoms. The number of nitrogens with one attached hydrogen (secondary N) is 1. The van der Waals surface area contributed by atoms with Gasteiger partial charge in [0.15, 0.2) is 0 Å². The number of halogens is 2. The van der Waals surface area contributed by atoms with Gasteiger partial charge in [-0.3, -0.25) is 4.79 Å². The second kappa shape index (κ2) is 7.57. The molecule has 0 aliphatic heterocycles. The monoisotopic (exact) mass is 379 g/mol. The van der Waals surface area contributed by atoms with Gasteiger partial charge in [0.05, 0.1) is 17.3 Å². The Morgan fingerprint density at radius 3 is 2.52 bits per heavy atom. The Kier molecular flexibility index (Phi) is 5.74. The topological polar surface area (TPSA) is 58.4 Å². The standard InChI is InChI=1S/C17H19BrFN3O/c1-22(2)15(11-6-4-3-5-7-11)10-21-14-9-12(18)8-13(19)16(14)17(20)23/h3-9,15,21H,10H2,1-2H3,(H2,20,23). The normalized spacial score (nSPS) is 12.2. The highest BCUT2D eigenvalue weighted by atomic mass is 79.9. The summed E-state index contributed by atoms with van der Waals surface area (Å²) in [7, 11) is 3.94.